The van der Waals surface area contributed by atoms with E-state index in [2.05, 4.69) is 99.0 Å². The summed E-state index contributed by atoms with van der Waals surface area (Å²) in [6.07, 6.45) is 65.8. The van der Waals surface area contributed by atoms with Gasteiger partial charge in [-0.1, -0.05) is 209 Å². The number of quaternary nitrogens is 1. The van der Waals surface area contributed by atoms with E-state index < -0.39 is 20.0 Å². The van der Waals surface area contributed by atoms with E-state index in [-0.39, 0.29) is 31.5 Å². The van der Waals surface area contributed by atoms with Crippen LogP contribution < -0.4 is 5.32 Å². The monoisotopic (exact) mass is 1010 g/mol. The Bertz CT molecular complexity index is 1490. The molecule has 0 aliphatic carbocycles. The van der Waals surface area contributed by atoms with Crippen molar-refractivity contribution in [1.82, 2.24) is 5.32 Å². The maximum Gasteiger partial charge on any atom is 0.472 e. The van der Waals surface area contributed by atoms with Gasteiger partial charge in [-0.3, -0.25) is 18.6 Å². The third-order valence-corrected chi connectivity index (χ3v) is 13.3. The molecule has 0 aromatic carbocycles. The molecular formula is C61H110N2O7P+. The highest BCUT2D eigenvalue weighted by atomic mass is 31.2. The van der Waals surface area contributed by atoms with Crippen molar-refractivity contribution < 1.29 is 37.3 Å². The number of esters is 1. The Hall–Kier alpha value is -2.81. The fourth-order valence-electron chi connectivity index (χ4n) is 7.84. The zero-order valence-electron chi connectivity index (χ0n) is 46.7. The van der Waals surface area contributed by atoms with Crippen molar-refractivity contribution in [3.8, 4) is 0 Å². The second kappa shape index (κ2) is 50.7. The average molecular weight is 1010 g/mol. The van der Waals surface area contributed by atoms with Gasteiger partial charge in [0.25, 0.3) is 0 Å². The van der Waals surface area contributed by atoms with Crippen LogP contribution in [0.2, 0.25) is 0 Å². The second-order valence-corrected chi connectivity index (χ2v) is 21.9. The lowest BCUT2D eigenvalue weighted by atomic mass is 10.0. The Morgan fingerprint density at radius 1 is 0.507 bits per heavy atom. The summed E-state index contributed by atoms with van der Waals surface area (Å²) in [6, 6.07) is -0.872. The number of hydrogen-bond donors (Lipinski definition) is 2. The van der Waals surface area contributed by atoms with E-state index in [0.717, 1.165) is 103 Å². The first-order valence-electron chi connectivity index (χ1n) is 28.9. The third-order valence-electron chi connectivity index (χ3n) is 12.3. The van der Waals surface area contributed by atoms with Crippen LogP contribution in [0.15, 0.2) is 85.1 Å². The third kappa shape index (κ3) is 51.9. The number of rotatable bonds is 51. The molecule has 0 heterocycles. The van der Waals surface area contributed by atoms with Gasteiger partial charge in [-0.15, -0.1) is 0 Å². The molecule has 0 aromatic heterocycles. The van der Waals surface area contributed by atoms with Crippen molar-refractivity contribution >= 4 is 19.7 Å². The highest BCUT2D eigenvalue weighted by Crippen LogP contribution is 2.43. The largest absolute Gasteiger partial charge is 0.472 e. The van der Waals surface area contributed by atoms with Gasteiger partial charge in [-0.2, -0.15) is 0 Å². The second-order valence-electron chi connectivity index (χ2n) is 20.4. The SMILES string of the molecule is CC/C=C\C/C=C\C/C=C\C/C=C\C/C=C\CCCCCC(=O)OC(/C=C\CCCCCCCCCCCCC)C(COP(=O)(O)OCC[N+](C)(C)C)NC(=O)CCCCC/C=C\CCCCCCCC. The summed E-state index contributed by atoms with van der Waals surface area (Å²) < 4.78 is 30.6. The molecule has 0 aromatic rings. The van der Waals surface area contributed by atoms with Crippen LogP contribution in [-0.4, -0.2) is 74.3 Å². The van der Waals surface area contributed by atoms with Gasteiger partial charge in [0.15, 0.2) is 0 Å². The summed E-state index contributed by atoms with van der Waals surface area (Å²) in [5.74, 6) is -0.565. The van der Waals surface area contributed by atoms with Crippen LogP contribution in [0.4, 0.5) is 0 Å². The van der Waals surface area contributed by atoms with Crippen LogP contribution in [0.25, 0.3) is 0 Å². The van der Waals surface area contributed by atoms with E-state index in [4.69, 9.17) is 13.8 Å². The molecule has 0 saturated heterocycles. The van der Waals surface area contributed by atoms with E-state index in [9.17, 15) is 19.0 Å². The van der Waals surface area contributed by atoms with E-state index >= 15 is 0 Å². The summed E-state index contributed by atoms with van der Waals surface area (Å²) in [6.45, 7) is 6.85. The summed E-state index contributed by atoms with van der Waals surface area (Å²) in [4.78, 5) is 37.6. The summed E-state index contributed by atoms with van der Waals surface area (Å²) >= 11 is 0. The molecule has 71 heavy (non-hydrogen) atoms. The molecule has 410 valence electrons. The molecule has 0 aliphatic rings. The number of unbranched alkanes of at least 4 members (excludes halogenated alkanes) is 23. The van der Waals surface area contributed by atoms with Crippen molar-refractivity contribution in [2.24, 2.45) is 0 Å². The van der Waals surface area contributed by atoms with E-state index in [0.29, 0.717) is 23.9 Å². The normalized spacial score (nSPS) is 14.4. The molecule has 3 unspecified atom stereocenters. The molecule has 9 nitrogen and oxygen atoms in total. The van der Waals surface area contributed by atoms with Gasteiger partial charge in [-0.25, -0.2) is 4.57 Å². The lowest BCUT2D eigenvalue weighted by molar-refractivity contribution is -0.870. The summed E-state index contributed by atoms with van der Waals surface area (Å²) in [5.41, 5.74) is 0. The number of nitrogens with zero attached hydrogens (tertiary/aromatic N) is 1. The predicted molar refractivity (Wildman–Crippen MR) is 304 cm³/mol. The number of nitrogens with one attached hydrogen (secondary N) is 1. The van der Waals surface area contributed by atoms with Crippen LogP contribution in [0.1, 0.15) is 239 Å². The molecule has 3 atom stereocenters. The Balaban J connectivity index is 5.44. The van der Waals surface area contributed by atoms with Gasteiger partial charge in [0.2, 0.25) is 5.91 Å². The summed E-state index contributed by atoms with van der Waals surface area (Å²) in [5, 5.41) is 3.03. The van der Waals surface area contributed by atoms with Crippen LogP contribution >= 0.6 is 7.82 Å². The molecule has 0 bridgehead atoms. The molecule has 0 spiro atoms. The number of hydrogen-bond acceptors (Lipinski definition) is 6. The Labute approximate surface area is 437 Å². The highest BCUT2D eigenvalue weighted by molar-refractivity contribution is 7.47. The van der Waals surface area contributed by atoms with Crippen LogP contribution in [-0.2, 0) is 27.9 Å². The highest BCUT2D eigenvalue weighted by Gasteiger charge is 2.30. The van der Waals surface area contributed by atoms with Gasteiger partial charge in [-0.05, 0) is 102 Å². The van der Waals surface area contributed by atoms with Gasteiger partial charge >= 0.3 is 13.8 Å². The minimum atomic E-state index is -4.46. The molecule has 0 aliphatic heterocycles. The molecule has 1 amide bonds. The molecule has 0 rings (SSSR count). The average Bonchev–Trinajstić information content (AvgIpc) is 3.33. The smallest absolute Gasteiger partial charge is 0.456 e. The number of carbonyl (C=O) groups is 2. The van der Waals surface area contributed by atoms with E-state index in [1.165, 1.54) is 96.3 Å². The number of phosphoric acid groups is 1. The Morgan fingerprint density at radius 3 is 1.37 bits per heavy atom. The number of phosphoric ester groups is 1. The molecule has 0 saturated carbocycles. The Morgan fingerprint density at radius 2 is 0.901 bits per heavy atom. The fourth-order valence-corrected chi connectivity index (χ4v) is 8.58. The molecule has 0 fully saturated rings. The molecule has 2 N–H and O–H groups in total. The first-order valence-corrected chi connectivity index (χ1v) is 30.4. The van der Waals surface area contributed by atoms with Crippen LogP contribution in [0.5, 0.6) is 0 Å². The maximum absolute atomic E-state index is 13.5. The van der Waals surface area contributed by atoms with Gasteiger partial charge in [0.1, 0.15) is 19.3 Å². The van der Waals surface area contributed by atoms with Gasteiger partial charge in [0, 0.05) is 12.8 Å². The van der Waals surface area contributed by atoms with Crippen molar-refractivity contribution in [3.05, 3.63) is 85.1 Å². The topological polar surface area (TPSA) is 111 Å². The van der Waals surface area contributed by atoms with Crippen molar-refractivity contribution in [1.29, 1.82) is 0 Å². The van der Waals surface area contributed by atoms with E-state index in [1.54, 1.807) is 0 Å². The van der Waals surface area contributed by atoms with Crippen molar-refractivity contribution in [3.63, 3.8) is 0 Å². The molecule has 10 heteroatoms. The lowest BCUT2D eigenvalue weighted by Gasteiger charge is -2.27. The van der Waals surface area contributed by atoms with Crippen LogP contribution in [0, 0.1) is 0 Å². The van der Waals surface area contributed by atoms with Crippen molar-refractivity contribution in [2.75, 3.05) is 40.9 Å². The lowest BCUT2D eigenvalue weighted by Crippen LogP contribution is -2.47. The van der Waals surface area contributed by atoms with Gasteiger partial charge < -0.3 is 19.4 Å². The van der Waals surface area contributed by atoms with Gasteiger partial charge in [0.05, 0.1) is 33.8 Å². The maximum atomic E-state index is 13.5. The Kier molecular flexibility index (Phi) is 48.7. The van der Waals surface area contributed by atoms with E-state index in [1.807, 2.05) is 33.3 Å². The molecule has 0 radical (unpaired) electrons. The predicted octanol–water partition coefficient (Wildman–Crippen LogP) is 17.4. The van der Waals surface area contributed by atoms with Crippen molar-refractivity contribution in [2.45, 2.75) is 251 Å². The zero-order valence-corrected chi connectivity index (χ0v) is 47.6. The first kappa shape index (κ1) is 68.2. The minimum absolute atomic E-state index is 0.0287. The number of allylic oxidation sites excluding steroid dienone is 13. The number of carbonyl (C=O) groups excluding carboxylic acids is 2. The summed E-state index contributed by atoms with van der Waals surface area (Å²) in [7, 11) is 1.46. The quantitative estimate of drug-likeness (QED) is 0.0205. The van der Waals surface area contributed by atoms with Crippen LogP contribution in [0.3, 0.4) is 0 Å². The molecular weight excluding hydrogens is 904 g/mol. The minimum Gasteiger partial charge on any atom is -0.456 e. The number of likely N-dealkylation sites (N-methyl/N-ethyl adjacent to an activating group) is 1. The standard InChI is InChI=1S/C61H109N2O7P/c1-7-10-13-16-19-22-25-28-29-30-31-32-33-36-39-42-45-48-51-54-61(65)70-59(52-49-46-43-40-37-34-26-23-20-17-14-11-8-2)58(57-69-71(66,67)68-56-55-63(4,5)6)62-60(64)53-50-47-44-41-38-35-27-24-21-18-15-12-9-3/h10,13,19,22,28-29,31-32,35-36,38-39,49,52,58-59H,7-9,11-12,14-18,20-21,23-27,30,33-34,37,40-48,50-51,53-57H2,1-6H3,(H-,62,64,66,67)/p+1/b13-10-,22-19-,29-28-,32-31-,38-35-,39-36-,52-49-. The fraction of sp³-hybridized carbons (Fsp3) is 0.738. The number of amides is 1. The first-order chi connectivity index (χ1) is 34.4. The number of ether oxygens (including phenoxy) is 1. The zero-order chi connectivity index (χ0) is 52.2.